The van der Waals surface area contributed by atoms with Crippen LogP contribution in [-0.4, -0.2) is 35.0 Å². The van der Waals surface area contributed by atoms with Crippen molar-refractivity contribution in [1.82, 2.24) is 4.90 Å². The van der Waals surface area contributed by atoms with Gasteiger partial charge in [-0.05, 0) is 18.9 Å². The SMILES string of the molecule is CCCC/C=C/C(=O)N(CCCCCCCCC)CCC(=O)O. The van der Waals surface area contributed by atoms with E-state index in [2.05, 4.69) is 13.8 Å². The highest BCUT2D eigenvalue weighted by Crippen LogP contribution is 2.08. The Morgan fingerprint density at radius 3 is 2.09 bits per heavy atom. The minimum absolute atomic E-state index is 0.0189. The number of carboxylic acid groups (broad SMARTS) is 1. The van der Waals surface area contributed by atoms with Crippen LogP contribution in [-0.2, 0) is 9.59 Å². The molecule has 0 aliphatic carbocycles. The smallest absolute Gasteiger partial charge is 0.305 e. The summed E-state index contributed by atoms with van der Waals surface area (Å²) in [6.07, 6.45) is 15.0. The van der Waals surface area contributed by atoms with Crippen LogP contribution >= 0.6 is 0 Å². The molecule has 23 heavy (non-hydrogen) atoms. The fourth-order valence-corrected chi connectivity index (χ4v) is 2.43. The van der Waals surface area contributed by atoms with Crippen molar-refractivity contribution in [2.24, 2.45) is 0 Å². The molecule has 0 radical (unpaired) electrons. The van der Waals surface area contributed by atoms with E-state index in [-0.39, 0.29) is 12.3 Å². The molecule has 0 rings (SSSR count). The van der Waals surface area contributed by atoms with Gasteiger partial charge in [-0.1, -0.05) is 71.3 Å². The summed E-state index contributed by atoms with van der Waals surface area (Å²) >= 11 is 0. The summed E-state index contributed by atoms with van der Waals surface area (Å²) in [6, 6.07) is 0. The van der Waals surface area contributed by atoms with Gasteiger partial charge in [-0.15, -0.1) is 0 Å². The molecule has 0 aliphatic rings. The molecule has 0 atom stereocenters. The minimum atomic E-state index is -0.850. The number of allylic oxidation sites excluding steroid dienone is 1. The van der Waals surface area contributed by atoms with Gasteiger partial charge in [0.2, 0.25) is 5.91 Å². The van der Waals surface area contributed by atoms with Crippen LogP contribution in [0, 0.1) is 0 Å². The van der Waals surface area contributed by atoms with Crippen LogP contribution in [0.5, 0.6) is 0 Å². The number of amides is 1. The summed E-state index contributed by atoms with van der Waals surface area (Å²) in [6.45, 7) is 5.30. The standard InChI is InChI=1S/C19H35NO3/c1-3-5-7-9-10-11-13-16-20(17-15-19(22)23)18(21)14-12-8-6-4-2/h12,14H,3-11,13,15-17H2,1-2H3,(H,22,23)/b14-12+. The largest absolute Gasteiger partial charge is 0.481 e. The highest BCUT2D eigenvalue weighted by atomic mass is 16.4. The third-order valence-corrected chi connectivity index (χ3v) is 3.92. The van der Waals surface area contributed by atoms with Crippen molar-refractivity contribution in [2.75, 3.05) is 13.1 Å². The summed E-state index contributed by atoms with van der Waals surface area (Å²) in [4.78, 5) is 24.6. The third-order valence-electron chi connectivity index (χ3n) is 3.92. The lowest BCUT2D eigenvalue weighted by Crippen LogP contribution is -2.32. The number of hydrogen-bond donors (Lipinski definition) is 1. The Morgan fingerprint density at radius 1 is 0.870 bits per heavy atom. The van der Waals surface area contributed by atoms with E-state index in [9.17, 15) is 9.59 Å². The predicted octanol–water partition coefficient (Wildman–Crippen LogP) is 4.79. The van der Waals surface area contributed by atoms with Crippen molar-refractivity contribution < 1.29 is 14.7 Å². The van der Waals surface area contributed by atoms with E-state index >= 15 is 0 Å². The number of carboxylic acids is 1. The van der Waals surface area contributed by atoms with Gasteiger partial charge in [0.05, 0.1) is 6.42 Å². The van der Waals surface area contributed by atoms with Crippen molar-refractivity contribution in [2.45, 2.75) is 84.5 Å². The molecule has 1 amide bonds. The Hall–Kier alpha value is -1.32. The van der Waals surface area contributed by atoms with Gasteiger partial charge in [0.1, 0.15) is 0 Å². The van der Waals surface area contributed by atoms with Gasteiger partial charge in [0.15, 0.2) is 0 Å². The lowest BCUT2D eigenvalue weighted by molar-refractivity contribution is -0.138. The second-order valence-electron chi connectivity index (χ2n) is 6.13. The Labute approximate surface area is 141 Å². The first-order valence-corrected chi connectivity index (χ1v) is 9.29. The van der Waals surface area contributed by atoms with E-state index in [4.69, 9.17) is 5.11 Å². The van der Waals surface area contributed by atoms with E-state index < -0.39 is 5.97 Å². The fraction of sp³-hybridized carbons (Fsp3) is 0.789. The summed E-state index contributed by atoms with van der Waals surface area (Å²) < 4.78 is 0. The van der Waals surface area contributed by atoms with Crippen LogP contribution in [0.3, 0.4) is 0 Å². The molecular weight excluding hydrogens is 290 g/mol. The van der Waals surface area contributed by atoms with Crippen molar-refractivity contribution >= 4 is 11.9 Å². The molecular formula is C19H35NO3. The molecule has 0 heterocycles. The molecule has 1 N–H and O–H groups in total. The average Bonchev–Trinajstić information content (AvgIpc) is 2.53. The fourth-order valence-electron chi connectivity index (χ4n) is 2.43. The van der Waals surface area contributed by atoms with Gasteiger partial charge in [-0.25, -0.2) is 0 Å². The number of rotatable bonds is 15. The zero-order chi connectivity index (χ0) is 17.3. The number of nitrogens with zero attached hydrogens (tertiary/aromatic N) is 1. The summed E-state index contributed by atoms with van der Waals surface area (Å²) in [7, 11) is 0. The molecule has 4 nitrogen and oxygen atoms in total. The van der Waals surface area contributed by atoms with Crippen LogP contribution in [0.25, 0.3) is 0 Å². The molecule has 0 aliphatic heterocycles. The van der Waals surface area contributed by atoms with Gasteiger partial charge in [0, 0.05) is 13.1 Å². The van der Waals surface area contributed by atoms with Gasteiger partial charge in [-0.2, -0.15) is 0 Å². The Balaban J connectivity index is 4.10. The first-order chi connectivity index (χ1) is 11.1. The second-order valence-corrected chi connectivity index (χ2v) is 6.13. The van der Waals surface area contributed by atoms with Crippen LogP contribution in [0.2, 0.25) is 0 Å². The maximum absolute atomic E-state index is 12.2. The van der Waals surface area contributed by atoms with E-state index in [0.717, 1.165) is 32.1 Å². The first-order valence-electron chi connectivity index (χ1n) is 9.29. The number of aliphatic carboxylic acids is 1. The molecule has 0 spiro atoms. The van der Waals surface area contributed by atoms with E-state index in [0.29, 0.717) is 13.1 Å². The number of carbonyl (C=O) groups excluding carboxylic acids is 1. The number of hydrogen-bond acceptors (Lipinski definition) is 2. The summed E-state index contributed by atoms with van der Waals surface area (Å²) in [5, 5.41) is 8.83. The van der Waals surface area contributed by atoms with Gasteiger partial charge in [0.25, 0.3) is 0 Å². The second kappa shape index (κ2) is 15.6. The zero-order valence-electron chi connectivity index (χ0n) is 15.1. The normalized spacial score (nSPS) is 11.0. The van der Waals surface area contributed by atoms with Gasteiger partial charge in [-0.3, -0.25) is 9.59 Å². The minimum Gasteiger partial charge on any atom is -0.481 e. The van der Waals surface area contributed by atoms with Crippen molar-refractivity contribution in [3.63, 3.8) is 0 Å². The van der Waals surface area contributed by atoms with Crippen molar-refractivity contribution in [3.05, 3.63) is 12.2 Å². The lowest BCUT2D eigenvalue weighted by atomic mass is 10.1. The third kappa shape index (κ3) is 14.0. The predicted molar refractivity (Wildman–Crippen MR) is 95.5 cm³/mol. The molecule has 134 valence electrons. The molecule has 0 bridgehead atoms. The highest BCUT2D eigenvalue weighted by molar-refractivity contribution is 5.87. The molecule has 0 saturated carbocycles. The molecule has 0 aromatic heterocycles. The van der Waals surface area contributed by atoms with Crippen LogP contribution < -0.4 is 0 Å². The Morgan fingerprint density at radius 2 is 1.48 bits per heavy atom. The van der Waals surface area contributed by atoms with Crippen LogP contribution in [0.4, 0.5) is 0 Å². The van der Waals surface area contributed by atoms with E-state index in [1.165, 1.54) is 32.1 Å². The molecule has 0 aromatic carbocycles. The zero-order valence-corrected chi connectivity index (χ0v) is 15.1. The van der Waals surface area contributed by atoms with Crippen LogP contribution in [0.1, 0.15) is 84.5 Å². The molecule has 0 saturated heterocycles. The van der Waals surface area contributed by atoms with Gasteiger partial charge >= 0.3 is 5.97 Å². The van der Waals surface area contributed by atoms with Crippen LogP contribution in [0.15, 0.2) is 12.2 Å². The monoisotopic (exact) mass is 325 g/mol. The molecule has 0 fully saturated rings. The Bertz CT molecular complexity index is 340. The molecule has 0 unspecified atom stereocenters. The number of carbonyl (C=O) groups is 2. The first kappa shape index (κ1) is 21.7. The maximum Gasteiger partial charge on any atom is 0.305 e. The average molecular weight is 325 g/mol. The number of unbranched alkanes of at least 4 members (excludes halogenated alkanes) is 8. The van der Waals surface area contributed by atoms with Crippen molar-refractivity contribution in [3.8, 4) is 0 Å². The highest BCUT2D eigenvalue weighted by Gasteiger charge is 2.11. The Kier molecular flexibility index (Phi) is 14.7. The van der Waals surface area contributed by atoms with E-state index in [1.807, 2.05) is 6.08 Å². The van der Waals surface area contributed by atoms with Gasteiger partial charge < -0.3 is 10.0 Å². The molecule has 0 aromatic rings. The summed E-state index contributed by atoms with van der Waals surface area (Å²) in [5.41, 5.74) is 0. The quantitative estimate of drug-likeness (QED) is 0.348. The summed E-state index contributed by atoms with van der Waals surface area (Å²) in [5.74, 6) is -0.898. The topological polar surface area (TPSA) is 57.6 Å². The lowest BCUT2D eigenvalue weighted by Gasteiger charge is -2.20. The van der Waals surface area contributed by atoms with Crippen molar-refractivity contribution in [1.29, 1.82) is 0 Å². The maximum atomic E-state index is 12.2. The van der Waals surface area contributed by atoms with E-state index in [1.54, 1.807) is 11.0 Å². The molecule has 4 heteroatoms.